The van der Waals surface area contributed by atoms with E-state index in [4.69, 9.17) is 0 Å². The molecule has 0 unspecified atom stereocenters. The lowest BCUT2D eigenvalue weighted by Gasteiger charge is -2.36. The highest BCUT2D eigenvalue weighted by molar-refractivity contribution is 6.13. The first-order valence-electron chi connectivity index (χ1n) is 9.31. The molecule has 0 bridgehead atoms. The lowest BCUT2D eigenvalue weighted by atomic mass is 9.71. The molecule has 0 heterocycles. The molecule has 5 rings (SSSR count). The van der Waals surface area contributed by atoms with Crippen LogP contribution in [0.2, 0.25) is 0 Å². The summed E-state index contributed by atoms with van der Waals surface area (Å²) in [6, 6.07) is 21.2. The molecule has 0 amide bonds. The minimum absolute atomic E-state index is 0.0610. The van der Waals surface area contributed by atoms with Crippen LogP contribution in [0.15, 0.2) is 78.9 Å². The summed E-state index contributed by atoms with van der Waals surface area (Å²) in [6.07, 6.45) is 0.166. The Bertz CT molecular complexity index is 1230. The van der Waals surface area contributed by atoms with Gasteiger partial charge in [0.15, 0.2) is 5.78 Å². The number of carbonyl (C=O) groups excluding carboxylic acids is 1. The average Bonchev–Trinajstić information content (AvgIpc) is 2.72. The first-order chi connectivity index (χ1) is 14.0. The lowest BCUT2D eigenvalue weighted by Crippen LogP contribution is -2.38. The van der Waals surface area contributed by atoms with Crippen LogP contribution in [-0.4, -0.2) is 10.9 Å². The molecule has 1 aliphatic carbocycles. The topological polar surface area (TPSA) is 37.3 Å². The molecule has 0 radical (unpaired) electrons. The van der Waals surface area contributed by atoms with Crippen LogP contribution in [0.5, 0.6) is 0 Å². The zero-order valence-electron chi connectivity index (χ0n) is 15.3. The Labute approximate surface area is 166 Å². The number of rotatable bonds is 2. The molecule has 0 fully saturated rings. The summed E-state index contributed by atoms with van der Waals surface area (Å²) in [5, 5.41) is 13.9. The Morgan fingerprint density at radius 1 is 0.759 bits per heavy atom. The summed E-state index contributed by atoms with van der Waals surface area (Å²) in [5.74, 6) is -1.65. The molecular weight excluding hydrogens is 370 g/mol. The molecule has 4 aromatic rings. The van der Waals surface area contributed by atoms with Crippen molar-refractivity contribution in [1.82, 2.24) is 0 Å². The number of halogens is 2. The first-order valence-corrected chi connectivity index (χ1v) is 9.31. The van der Waals surface area contributed by atoms with Gasteiger partial charge in [-0.3, -0.25) is 4.79 Å². The van der Waals surface area contributed by atoms with Gasteiger partial charge in [-0.1, -0.05) is 54.6 Å². The minimum Gasteiger partial charge on any atom is -0.380 e. The molecule has 142 valence electrons. The van der Waals surface area contributed by atoms with E-state index in [1.807, 2.05) is 42.5 Å². The molecule has 0 atom stereocenters. The molecule has 0 aliphatic heterocycles. The number of carbonyl (C=O) groups is 1. The predicted molar refractivity (Wildman–Crippen MR) is 107 cm³/mol. The number of aliphatic hydroxyl groups is 1. The van der Waals surface area contributed by atoms with Gasteiger partial charge in [-0.2, -0.15) is 0 Å². The van der Waals surface area contributed by atoms with Crippen molar-refractivity contribution in [3.05, 3.63) is 118 Å². The van der Waals surface area contributed by atoms with Crippen molar-refractivity contribution >= 4 is 16.6 Å². The number of hydrogen-bond acceptors (Lipinski definition) is 2. The van der Waals surface area contributed by atoms with Gasteiger partial charge in [0.1, 0.15) is 17.2 Å². The average molecular weight is 386 g/mol. The Balaban J connectivity index is 1.77. The molecule has 0 saturated heterocycles. The predicted octanol–water partition coefficient (Wildman–Crippen LogP) is 5.14. The third-order valence-corrected chi connectivity index (χ3v) is 5.67. The van der Waals surface area contributed by atoms with E-state index < -0.39 is 23.0 Å². The van der Waals surface area contributed by atoms with E-state index in [0.29, 0.717) is 11.1 Å². The fraction of sp³-hybridized carbons (Fsp3) is 0.0800. The van der Waals surface area contributed by atoms with E-state index in [2.05, 4.69) is 0 Å². The molecule has 4 heteroatoms. The maximum Gasteiger partial charge on any atom is 0.194 e. The second-order valence-corrected chi connectivity index (χ2v) is 7.38. The van der Waals surface area contributed by atoms with E-state index in [1.165, 1.54) is 24.3 Å². The summed E-state index contributed by atoms with van der Waals surface area (Å²) < 4.78 is 27.8. The molecule has 1 aliphatic rings. The molecule has 0 spiro atoms. The summed E-state index contributed by atoms with van der Waals surface area (Å²) >= 11 is 0. The zero-order valence-corrected chi connectivity index (χ0v) is 15.3. The van der Waals surface area contributed by atoms with Gasteiger partial charge in [-0.05, 0) is 51.7 Å². The van der Waals surface area contributed by atoms with Crippen molar-refractivity contribution in [2.45, 2.75) is 12.0 Å². The molecular formula is C25H16F2O2. The Kier molecular flexibility index (Phi) is 3.86. The second-order valence-electron chi connectivity index (χ2n) is 7.38. The van der Waals surface area contributed by atoms with Crippen LogP contribution >= 0.6 is 0 Å². The maximum atomic E-state index is 13.9. The van der Waals surface area contributed by atoms with Gasteiger partial charge < -0.3 is 5.11 Å². The summed E-state index contributed by atoms with van der Waals surface area (Å²) in [7, 11) is 0. The van der Waals surface area contributed by atoms with Crippen LogP contribution in [0.1, 0.15) is 32.6 Å². The smallest absolute Gasteiger partial charge is 0.194 e. The van der Waals surface area contributed by atoms with E-state index in [9.17, 15) is 18.7 Å². The van der Waals surface area contributed by atoms with Gasteiger partial charge in [0.05, 0.1) is 0 Å². The molecule has 0 saturated carbocycles. The third-order valence-electron chi connectivity index (χ3n) is 5.67. The molecule has 0 aromatic heterocycles. The van der Waals surface area contributed by atoms with Crippen LogP contribution in [0.25, 0.3) is 10.8 Å². The second kappa shape index (κ2) is 6.33. The highest BCUT2D eigenvalue weighted by Crippen LogP contribution is 2.43. The fourth-order valence-corrected chi connectivity index (χ4v) is 4.33. The number of fused-ring (bicyclic) bond motifs is 3. The molecule has 2 nitrogen and oxygen atoms in total. The highest BCUT2D eigenvalue weighted by Gasteiger charge is 2.42. The summed E-state index contributed by atoms with van der Waals surface area (Å²) in [4.78, 5) is 12.9. The van der Waals surface area contributed by atoms with Gasteiger partial charge in [-0.15, -0.1) is 0 Å². The molecule has 1 N–H and O–H groups in total. The van der Waals surface area contributed by atoms with Crippen molar-refractivity contribution in [1.29, 1.82) is 0 Å². The van der Waals surface area contributed by atoms with E-state index in [-0.39, 0.29) is 17.5 Å². The van der Waals surface area contributed by atoms with E-state index >= 15 is 0 Å². The monoisotopic (exact) mass is 386 g/mol. The largest absolute Gasteiger partial charge is 0.380 e. The lowest BCUT2D eigenvalue weighted by molar-refractivity contribution is 0.0721. The van der Waals surface area contributed by atoms with Gasteiger partial charge in [0.2, 0.25) is 0 Å². The van der Waals surface area contributed by atoms with Crippen molar-refractivity contribution < 1.29 is 18.7 Å². The Morgan fingerprint density at radius 3 is 2.00 bits per heavy atom. The summed E-state index contributed by atoms with van der Waals surface area (Å²) in [6.45, 7) is 0. The molecule has 29 heavy (non-hydrogen) atoms. The quantitative estimate of drug-likeness (QED) is 0.518. The van der Waals surface area contributed by atoms with Crippen LogP contribution in [0.4, 0.5) is 8.78 Å². The standard InChI is InChI=1S/C25H16F2O2/c26-17-8-10-22-20(12-17)24(28)21-13-18(27)9-11-23(21)25(22,29)14-16-6-3-5-15-4-1-2-7-19(15)16/h1-13,29H,14H2. The van der Waals surface area contributed by atoms with Gasteiger partial charge >= 0.3 is 0 Å². The van der Waals surface area contributed by atoms with Crippen molar-refractivity contribution in [2.24, 2.45) is 0 Å². The van der Waals surface area contributed by atoms with Crippen molar-refractivity contribution in [2.75, 3.05) is 0 Å². The number of benzene rings is 4. The van der Waals surface area contributed by atoms with Gasteiger partial charge in [-0.25, -0.2) is 8.78 Å². The van der Waals surface area contributed by atoms with Crippen LogP contribution in [0, 0.1) is 11.6 Å². The van der Waals surface area contributed by atoms with Crippen LogP contribution < -0.4 is 0 Å². The van der Waals surface area contributed by atoms with Gasteiger partial charge in [0, 0.05) is 17.5 Å². The zero-order chi connectivity index (χ0) is 20.2. The van der Waals surface area contributed by atoms with Crippen molar-refractivity contribution in [3.63, 3.8) is 0 Å². The normalized spacial score (nSPS) is 14.5. The van der Waals surface area contributed by atoms with Gasteiger partial charge in [0.25, 0.3) is 0 Å². The van der Waals surface area contributed by atoms with Crippen molar-refractivity contribution in [3.8, 4) is 0 Å². The SMILES string of the molecule is O=C1c2cc(F)ccc2C(O)(Cc2cccc3ccccc23)c2ccc(F)cc21. The van der Waals surface area contributed by atoms with Crippen LogP contribution in [0.3, 0.4) is 0 Å². The fourth-order valence-electron chi connectivity index (χ4n) is 4.33. The molecule has 4 aromatic carbocycles. The maximum absolute atomic E-state index is 13.9. The number of hydrogen-bond donors (Lipinski definition) is 1. The van der Waals surface area contributed by atoms with E-state index in [0.717, 1.165) is 28.5 Å². The van der Waals surface area contributed by atoms with Crippen LogP contribution in [-0.2, 0) is 12.0 Å². The first kappa shape index (κ1) is 17.7. The highest BCUT2D eigenvalue weighted by atomic mass is 19.1. The Morgan fingerprint density at radius 2 is 1.34 bits per heavy atom. The summed E-state index contributed by atoms with van der Waals surface area (Å²) in [5.41, 5.74) is 0.0680. The van der Waals surface area contributed by atoms with E-state index in [1.54, 1.807) is 0 Å². The minimum atomic E-state index is -1.59. The Hall–Kier alpha value is -3.37. The number of ketones is 1. The third kappa shape index (κ3) is 2.68.